The topological polar surface area (TPSA) is 32.3 Å². The van der Waals surface area contributed by atoms with Gasteiger partial charge in [-0.15, -0.1) is 0 Å². The van der Waals surface area contributed by atoms with Crippen molar-refractivity contribution in [2.45, 2.75) is 30.3 Å². The maximum Gasteiger partial charge on any atom is 0.119 e. The molecule has 2 nitrogen and oxygen atoms in total. The summed E-state index contributed by atoms with van der Waals surface area (Å²) in [4.78, 5) is 0. The summed E-state index contributed by atoms with van der Waals surface area (Å²) in [5.41, 5.74) is 1.06. The first-order valence-electron chi connectivity index (χ1n) is 5.95. The number of hydrogen-bond donors (Lipinski definition) is 2. The van der Waals surface area contributed by atoms with Gasteiger partial charge in [0.15, 0.2) is 0 Å². The Balaban J connectivity index is 1.84. The summed E-state index contributed by atoms with van der Waals surface area (Å²) in [5, 5.41) is 13.8. The van der Waals surface area contributed by atoms with Crippen LogP contribution in [0.4, 0.5) is 0 Å². The number of phenols is 1. The Hall–Kier alpha value is -0.670. The van der Waals surface area contributed by atoms with Crippen molar-refractivity contribution in [3.63, 3.8) is 0 Å². The zero-order valence-electron chi connectivity index (χ0n) is 9.48. The molecule has 2 rings (SSSR count). The molecule has 2 N–H and O–H groups in total. The summed E-state index contributed by atoms with van der Waals surface area (Å²) in [5.74, 6) is 1.36. The fraction of sp³-hybridized carbons (Fsp3) is 0.538. The quantitative estimate of drug-likeness (QED) is 0.848. The molecular formula is C13H19NOS. The molecule has 0 bridgehead atoms. The predicted molar refractivity (Wildman–Crippen MR) is 69.9 cm³/mol. The van der Waals surface area contributed by atoms with Crippen molar-refractivity contribution in [3.05, 3.63) is 29.8 Å². The molecule has 1 fully saturated rings. The minimum absolute atomic E-state index is 0.432. The highest BCUT2D eigenvalue weighted by Crippen LogP contribution is 2.28. The van der Waals surface area contributed by atoms with E-state index >= 15 is 0 Å². The first-order valence-corrected chi connectivity index (χ1v) is 7.00. The molecule has 0 amide bonds. The van der Waals surface area contributed by atoms with E-state index in [0.717, 1.165) is 29.7 Å². The molecule has 0 spiro atoms. The van der Waals surface area contributed by atoms with Crippen molar-refractivity contribution in [2.24, 2.45) is 0 Å². The molecule has 1 aromatic carbocycles. The SMILES string of the molecule is Oc1ccccc1CSC1CCCNCC1. The third-order valence-corrected chi connectivity index (χ3v) is 4.41. The number of nitrogens with one attached hydrogen (secondary N) is 1. The van der Waals surface area contributed by atoms with Gasteiger partial charge in [-0.05, 0) is 38.4 Å². The van der Waals surface area contributed by atoms with E-state index in [1.165, 1.54) is 19.3 Å². The molecule has 1 unspecified atom stereocenters. The largest absolute Gasteiger partial charge is 0.508 e. The zero-order valence-corrected chi connectivity index (χ0v) is 10.3. The van der Waals surface area contributed by atoms with Crippen LogP contribution in [0.5, 0.6) is 5.75 Å². The first kappa shape index (κ1) is 11.8. The highest BCUT2D eigenvalue weighted by Gasteiger charge is 2.12. The summed E-state index contributed by atoms with van der Waals surface area (Å²) in [6.45, 7) is 2.30. The van der Waals surface area contributed by atoms with E-state index in [-0.39, 0.29) is 0 Å². The lowest BCUT2D eigenvalue weighted by molar-refractivity contribution is 0.470. The third-order valence-electron chi connectivity index (χ3n) is 2.99. The molecule has 1 saturated heterocycles. The first-order chi connectivity index (χ1) is 7.86. The van der Waals surface area contributed by atoms with E-state index < -0.39 is 0 Å². The Bertz CT molecular complexity index is 321. The molecule has 0 aromatic heterocycles. The lowest BCUT2D eigenvalue weighted by Gasteiger charge is -2.13. The van der Waals surface area contributed by atoms with Crippen LogP contribution in [0.2, 0.25) is 0 Å². The summed E-state index contributed by atoms with van der Waals surface area (Å²) < 4.78 is 0. The molecule has 0 radical (unpaired) electrons. The van der Waals surface area contributed by atoms with Crippen molar-refractivity contribution in [3.8, 4) is 5.75 Å². The van der Waals surface area contributed by atoms with Crippen LogP contribution >= 0.6 is 11.8 Å². The van der Waals surface area contributed by atoms with Gasteiger partial charge in [-0.3, -0.25) is 0 Å². The second-order valence-corrected chi connectivity index (χ2v) is 5.53. The second-order valence-electron chi connectivity index (χ2n) is 4.24. The van der Waals surface area contributed by atoms with Crippen LogP contribution in [0.3, 0.4) is 0 Å². The maximum absolute atomic E-state index is 9.67. The summed E-state index contributed by atoms with van der Waals surface area (Å²) in [6, 6.07) is 7.64. The van der Waals surface area contributed by atoms with E-state index in [1.54, 1.807) is 6.07 Å². The normalized spacial score (nSPS) is 21.6. The van der Waals surface area contributed by atoms with Crippen LogP contribution in [0.25, 0.3) is 0 Å². The van der Waals surface area contributed by atoms with Crippen molar-refractivity contribution in [1.29, 1.82) is 0 Å². The van der Waals surface area contributed by atoms with Gasteiger partial charge in [0.05, 0.1) is 0 Å². The molecule has 88 valence electrons. The van der Waals surface area contributed by atoms with Crippen LogP contribution in [-0.4, -0.2) is 23.4 Å². The van der Waals surface area contributed by atoms with Crippen molar-refractivity contribution in [2.75, 3.05) is 13.1 Å². The van der Waals surface area contributed by atoms with Gasteiger partial charge in [0.25, 0.3) is 0 Å². The number of para-hydroxylation sites is 1. The number of rotatable bonds is 3. The number of aromatic hydroxyl groups is 1. The van der Waals surface area contributed by atoms with Crippen LogP contribution in [0.1, 0.15) is 24.8 Å². The van der Waals surface area contributed by atoms with Crippen molar-refractivity contribution < 1.29 is 5.11 Å². The average Bonchev–Trinajstić information content (AvgIpc) is 2.56. The van der Waals surface area contributed by atoms with Gasteiger partial charge in [-0.25, -0.2) is 0 Å². The van der Waals surface area contributed by atoms with Gasteiger partial charge in [-0.2, -0.15) is 11.8 Å². The van der Waals surface area contributed by atoms with Crippen LogP contribution in [-0.2, 0) is 5.75 Å². The molecule has 1 aliphatic rings. The fourth-order valence-corrected chi connectivity index (χ4v) is 3.27. The van der Waals surface area contributed by atoms with E-state index in [0.29, 0.717) is 5.75 Å². The smallest absolute Gasteiger partial charge is 0.119 e. The van der Waals surface area contributed by atoms with Gasteiger partial charge in [0, 0.05) is 16.6 Å². The number of thioether (sulfide) groups is 1. The molecule has 3 heteroatoms. The molecule has 0 aliphatic carbocycles. The lowest BCUT2D eigenvalue weighted by Crippen LogP contribution is -2.14. The predicted octanol–water partition coefficient (Wildman–Crippen LogP) is 2.77. The minimum Gasteiger partial charge on any atom is -0.508 e. The maximum atomic E-state index is 9.67. The minimum atomic E-state index is 0.432. The number of benzene rings is 1. The van der Waals surface area contributed by atoms with Gasteiger partial charge >= 0.3 is 0 Å². The van der Waals surface area contributed by atoms with E-state index in [9.17, 15) is 5.11 Å². The van der Waals surface area contributed by atoms with E-state index in [2.05, 4.69) is 5.32 Å². The monoisotopic (exact) mass is 237 g/mol. The van der Waals surface area contributed by atoms with Gasteiger partial charge in [0.1, 0.15) is 5.75 Å². The average molecular weight is 237 g/mol. The number of phenolic OH excluding ortho intramolecular Hbond substituents is 1. The summed E-state index contributed by atoms with van der Waals surface area (Å²) >= 11 is 1.98. The Labute approximate surface area is 101 Å². The van der Waals surface area contributed by atoms with E-state index in [4.69, 9.17) is 0 Å². The zero-order chi connectivity index (χ0) is 11.2. The molecular weight excluding hydrogens is 218 g/mol. The van der Waals surface area contributed by atoms with Gasteiger partial charge in [-0.1, -0.05) is 18.2 Å². The van der Waals surface area contributed by atoms with Crippen LogP contribution in [0.15, 0.2) is 24.3 Å². The van der Waals surface area contributed by atoms with Crippen LogP contribution < -0.4 is 5.32 Å². The fourth-order valence-electron chi connectivity index (χ4n) is 1.99. The van der Waals surface area contributed by atoms with Gasteiger partial charge < -0.3 is 10.4 Å². The molecule has 16 heavy (non-hydrogen) atoms. The van der Waals surface area contributed by atoms with Crippen LogP contribution in [0, 0.1) is 0 Å². The summed E-state index contributed by atoms with van der Waals surface area (Å²) in [6.07, 6.45) is 3.82. The molecule has 1 atom stereocenters. The van der Waals surface area contributed by atoms with Gasteiger partial charge in [0.2, 0.25) is 0 Å². The third kappa shape index (κ3) is 3.42. The Kier molecular flexibility index (Phi) is 4.55. The Morgan fingerprint density at radius 2 is 2.12 bits per heavy atom. The van der Waals surface area contributed by atoms with Crippen molar-refractivity contribution >= 4 is 11.8 Å². The Morgan fingerprint density at radius 1 is 1.25 bits per heavy atom. The lowest BCUT2D eigenvalue weighted by atomic mass is 10.2. The standard InChI is InChI=1S/C13H19NOS/c15-13-6-2-1-4-11(13)10-16-12-5-3-8-14-9-7-12/h1-2,4,6,12,14-15H,3,5,7-10H2. The highest BCUT2D eigenvalue weighted by atomic mass is 32.2. The molecule has 1 heterocycles. The molecule has 0 saturated carbocycles. The Morgan fingerprint density at radius 3 is 3.00 bits per heavy atom. The number of hydrogen-bond acceptors (Lipinski definition) is 3. The van der Waals surface area contributed by atoms with E-state index in [1.807, 2.05) is 30.0 Å². The molecule has 1 aromatic rings. The second kappa shape index (κ2) is 6.16. The van der Waals surface area contributed by atoms with Crippen molar-refractivity contribution in [1.82, 2.24) is 5.32 Å². The highest BCUT2D eigenvalue weighted by molar-refractivity contribution is 7.99. The summed E-state index contributed by atoms with van der Waals surface area (Å²) in [7, 11) is 0. The molecule has 1 aliphatic heterocycles.